The summed E-state index contributed by atoms with van der Waals surface area (Å²) in [4.78, 5) is 15.1. The van der Waals surface area contributed by atoms with Gasteiger partial charge in [-0.3, -0.25) is 4.79 Å². The van der Waals surface area contributed by atoms with E-state index in [-0.39, 0.29) is 5.91 Å². The molecular formula is C14H18N2OS. The Morgan fingerprint density at radius 1 is 1.61 bits per heavy atom. The van der Waals surface area contributed by atoms with Crippen LogP contribution in [0.4, 0.5) is 0 Å². The van der Waals surface area contributed by atoms with Crippen molar-refractivity contribution in [1.82, 2.24) is 4.90 Å². The fourth-order valence-corrected chi connectivity index (χ4v) is 2.55. The van der Waals surface area contributed by atoms with E-state index in [1.165, 1.54) is 24.2 Å². The Bertz CT molecular complexity index is 479. The summed E-state index contributed by atoms with van der Waals surface area (Å²) < 4.78 is 0. The van der Waals surface area contributed by atoms with E-state index in [2.05, 4.69) is 11.8 Å². The van der Waals surface area contributed by atoms with Gasteiger partial charge in [-0.05, 0) is 31.7 Å². The lowest BCUT2D eigenvalue weighted by molar-refractivity contribution is 0.0757. The molecule has 1 heterocycles. The van der Waals surface area contributed by atoms with E-state index >= 15 is 0 Å². The molecule has 4 heteroatoms. The zero-order chi connectivity index (χ0) is 13.0. The standard InChI is InChI=1S/C14H18N2OS/c1-2-16(9-11-5-6-11)14(17)12-8-13(18-10-12)4-3-7-15/h8,10-11H,2,5-7,9,15H2,1H3. The van der Waals surface area contributed by atoms with Crippen LogP contribution < -0.4 is 5.73 Å². The van der Waals surface area contributed by atoms with Crippen LogP contribution in [0.25, 0.3) is 0 Å². The van der Waals surface area contributed by atoms with Crippen LogP contribution in [0.2, 0.25) is 0 Å². The minimum atomic E-state index is 0.126. The molecule has 0 aromatic carbocycles. The Kier molecular flexibility index (Phi) is 4.40. The summed E-state index contributed by atoms with van der Waals surface area (Å²) >= 11 is 1.50. The molecule has 1 aromatic heterocycles. The number of carbonyl (C=O) groups excluding carboxylic acids is 1. The van der Waals surface area contributed by atoms with Crippen LogP contribution in [0.15, 0.2) is 11.4 Å². The van der Waals surface area contributed by atoms with Gasteiger partial charge in [0.2, 0.25) is 0 Å². The molecule has 2 rings (SSSR count). The van der Waals surface area contributed by atoms with Crippen LogP contribution in [-0.2, 0) is 0 Å². The largest absolute Gasteiger partial charge is 0.339 e. The second-order valence-corrected chi connectivity index (χ2v) is 5.40. The SMILES string of the molecule is CCN(CC1CC1)C(=O)c1csc(C#CCN)c1. The molecule has 1 aromatic rings. The van der Waals surface area contributed by atoms with Gasteiger partial charge in [0.15, 0.2) is 0 Å². The second kappa shape index (κ2) is 6.03. The maximum atomic E-state index is 12.3. The summed E-state index contributed by atoms with van der Waals surface area (Å²) in [5.41, 5.74) is 6.08. The molecule has 0 aliphatic heterocycles. The number of nitrogens with zero attached hydrogens (tertiary/aromatic N) is 1. The number of thiophene rings is 1. The third-order valence-corrected chi connectivity index (χ3v) is 3.85. The van der Waals surface area contributed by atoms with Crippen molar-refractivity contribution in [2.75, 3.05) is 19.6 Å². The molecule has 96 valence electrons. The highest BCUT2D eigenvalue weighted by Crippen LogP contribution is 2.30. The third kappa shape index (κ3) is 3.34. The Labute approximate surface area is 112 Å². The van der Waals surface area contributed by atoms with E-state index in [1.54, 1.807) is 0 Å². The van der Waals surface area contributed by atoms with E-state index in [1.807, 2.05) is 23.3 Å². The smallest absolute Gasteiger partial charge is 0.254 e. The molecule has 3 nitrogen and oxygen atoms in total. The van der Waals surface area contributed by atoms with Crippen LogP contribution in [0.1, 0.15) is 35.0 Å². The van der Waals surface area contributed by atoms with Crippen molar-refractivity contribution < 1.29 is 4.79 Å². The molecule has 0 atom stereocenters. The predicted octanol–water partition coefficient (Wildman–Crippen LogP) is 1.93. The van der Waals surface area contributed by atoms with Crippen molar-refractivity contribution in [3.8, 4) is 11.8 Å². The number of amides is 1. The van der Waals surface area contributed by atoms with Gasteiger partial charge in [-0.2, -0.15) is 0 Å². The van der Waals surface area contributed by atoms with Crippen LogP contribution in [-0.4, -0.2) is 30.4 Å². The second-order valence-electron chi connectivity index (χ2n) is 4.49. The highest BCUT2D eigenvalue weighted by Gasteiger charge is 2.26. The van der Waals surface area contributed by atoms with Crippen molar-refractivity contribution in [2.45, 2.75) is 19.8 Å². The van der Waals surface area contributed by atoms with Crippen LogP contribution >= 0.6 is 11.3 Å². The van der Waals surface area contributed by atoms with Gasteiger partial charge in [-0.1, -0.05) is 11.8 Å². The fraction of sp³-hybridized carbons (Fsp3) is 0.500. The summed E-state index contributed by atoms with van der Waals surface area (Å²) in [7, 11) is 0. The zero-order valence-corrected chi connectivity index (χ0v) is 11.4. The van der Waals surface area contributed by atoms with E-state index in [0.717, 1.165) is 29.4 Å². The molecular weight excluding hydrogens is 244 g/mol. The van der Waals surface area contributed by atoms with Crippen LogP contribution in [0, 0.1) is 17.8 Å². The van der Waals surface area contributed by atoms with Crippen LogP contribution in [0.3, 0.4) is 0 Å². The van der Waals surface area contributed by atoms with Crippen molar-refractivity contribution in [3.05, 3.63) is 21.9 Å². The molecule has 0 unspecified atom stereocenters. The number of carbonyl (C=O) groups is 1. The normalized spacial score (nSPS) is 13.9. The van der Waals surface area contributed by atoms with E-state index in [9.17, 15) is 4.79 Å². The van der Waals surface area contributed by atoms with Gasteiger partial charge in [-0.25, -0.2) is 0 Å². The average Bonchev–Trinajstić information content (AvgIpc) is 3.08. The number of hydrogen-bond acceptors (Lipinski definition) is 3. The average molecular weight is 262 g/mol. The first-order chi connectivity index (χ1) is 8.74. The summed E-state index contributed by atoms with van der Waals surface area (Å²) in [6, 6.07) is 1.87. The highest BCUT2D eigenvalue weighted by molar-refractivity contribution is 7.10. The van der Waals surface area contributed by atoms with Gasteiger partial charge < -0.3 is 10.6 Å². The van der Waals surface area contributed by atoms with Gasteiger partial charge in [0, 0.05) is 18.5 Å². The van der Waals surface area contributed by atoms with Crippen LogP contribution in [0.5, 0.6) is 0 Å². The topological polar surface area (TPSA) is 46.3 Å². The number of rotatable bonds is 4. The highest BCUT2D eigenvalue weighted by atomic mass is 32.1. The predicted molar refractivity (Wildman–Crippen MR) is 74.6 cm³/mol. The lowest BCUT2D eigenvalue weighted by Crippen LogP contribution is -2.32. The first-order valence-electron chi connectivity index (χ1n) is 6.31. The van der Waals surface area contributed by atoms with E-state index in [4.69, 9.17) is 5.73 Å². The Balaban J connectivity index is 2.04. The lowest BCUT2D eigenvalue weighted by atomic mass is 10.2. The Hall–Kier alpha value is -1.31. The molecule has 0 saturated heterocycles. The molecule has 1 aliphatic rings. The quantitative estimate of drug-likeness (QED) is 0.843. The Morgan fingerprint density at radius 2 is 2.39 bits per heavy atom. The maximum Gasteiger partial charge on any atom is 0.254 e. The number of nitrogens with two attached hydrogens (primary N) is 1. The van der Waals surface area contributed by atoms with Crippen molar-refractivity contribution in [2.24, 2.45) is 11.7 Å². The summed E-state index contributed by atoms with van der Waals surface area (Å²) in [6.45, 7) is 4.05. The first-order valence-corrected chi connectivity index (χ1v) is 7.19. The molecule has 1 fully saturated rings. The molecule has 0 bridgehead atoms. The summed E-state index contributed by atoms with van der Waals surface area (Å²) in [6.07, 6.45) is 2.53. The molecule has 0 radical (unpaired) electrons. The fourth-order valence-electron chi connectivity index (χ4n) is 1.80. The molecule has 18 heavy (non-hydrogen) atoms. The summed E-state index contributed by atoms with van der Waals surface area (Å²) in [5, 5.41) is 1.89. The van der Waals surface area contributed by atoms with Gasteiger partial charge in [-0.15, -0.1) is 11.3 Å². The first kappa shape index (κ1) is 13.1. The summed E-state index contributed by atoms with van der Waals surface area (Å²) in [5.74, 6) is 6.62. The van der Waals surface area contributed by atoms with Crippen molar-refractivity contribution in [1.29, 1.82) is 0 Å². The maximum absolute atomic E-state index is 12.3. The molecule has 1 saturated carbocycles. The molecule has 1 amide bonds. The van der Waals surface area contributed by atoms with Gasteiger partial charge >= 0.3 is 0 Å². The van der Waals surface area contributed by atoms with Gasteiger partial charge in [0.25, 0.3) is 5.91 Å². The zero-order valence-electron chi connectivity index (χ0n) is 10.6. The third-order valence-electron chi connectivity index (χ3n) is 3.00. The minimum absolute atomic E-state index is 0.126. The van der Waals surface area contributed by atoms with Crippen molar-refractivity contribution >= 4 is 17.2 Å². The lowest BCUT2D eigenvalue weighted by Gasteiger charge is -2.19. The van der Waals surface area contributed by atoms with Gasteiger partial charge in [0.1, 0.15) is 0 Å². The Morgan fingerprint density at radius 3 is 3.00 bits per heavy atom. The minimum Gasteiger partial charge on any atom is -0.339 e. The van der Waals surface area contributed by atoms with Crippen molar-refractivity contribution in [3.63, 3.8) is 0 Å². The molecule has 2 N–H and O–H groups in total. The number of hydrogen-bond donors (Lipinski definition) is 1. The monoisotopic (exact) mass is 262 g/mol. The van der Waals surface area contributed by atoms with E-state index in [0.29, 0.717) is 6.54 Å². The van der Waals surface area contributed by atoms with E-state index < -0.39 is 0 Å². The molecule has 0 spiro atoms. The molecule has 1 aliphatic carbocycles. The van der Waals surface area contributed by atoms with Gasteiger partial charge in [0.05, 0.1) is 17.0 Å².